The van der Waals surface area contributed by atoms with Crippen LogP contribution >= 0.6 is 11.6 Å². The van der Waals surface area contributed by atoms with E-state index in [0.29, 0.717) is 27.8 Å². The highest BCUT2D eigenvalue weighted by molar-refractivity contribution is 7.92. The number of sulfonamides is 1. The van der Waals surface area contributed by atoms with E-state index in [2.05, 4.69) is 14.8 Å². The highest BCUT2D eigenvalue weighted by atomic mass is 35.5. The van der Waals surface area contributed by atoms with Crippen molar-refractivity contribution in [1.82, 2.24) is 14.8 Å². The number of benzene rings is 3. The highest BCUT2D eigenvalue weighted by Gasteiger charge is 2.17. The normalized spacial score (nSPS) is 11.5. The van der Waals surface area contributed by atoms with E-state index in [1.165, 1.54) is 41.1 Å². The van der Waals surface area contributed by atoms with Crippen molar-refractivity contribution in [3.63, 3.8) is 0 Å². The Hall–Kier alpha value is -3.43. The van der Waals surface area contributed by atoms with Crippen molar-refractivity contribution in [1.29, 1.82) is 0 Å². The number of nitrogens with one attached hydrogen (secondary N) is 1. The Kier molecular flexibility index (Phi) is 6.35. The summed E-state index contributed by atoms with van der Waals surface area (Å²) >= 11 is 5.83. The van der Waals surface area contributed by atoms with Gasteiger partial charge in [0.1, 0.15) is 5.82 Å². The minimum Gasteiger partial charge on any atom is -0.460 e. The van der Waals surface area contributed by atoms with Gasteiger partial charge in [-0.2, -0.15) is 4.98 Å². The van der Waals surface area contributed by atoms with E-state index in [4.69, 9.17) is 16.3 Å². The summed E-state index contributed by atoms with van der Waals surface area (Å²) in [5, 5.41) is 4.84. The van der Waals surface area contributed by atoms with E-state index < -0.39 is 15.8 Å². The second-order valence-corrected chi connectivity index (χ2v) is 9.53. The maximum absolute atomic E-state index is 13.8. The van der Waals surface area contributed by atoms with Crippen LogP contribution in [0.1, 0.15) is 13.8 Å². The monoisotopic (exact) mass is 486 g/mol. The predicted molar refractivity (Wildman–Crippen MR) is 125 cm³/mol. The first-order valence-corrected chi connectivity index (χ1v) is 11.9. The first-order chi connectivity index (χ1) is 15.7. The molecule has 0 fully saturated rings. The number of aromatic nitrogens is 3. The quantitative estimate of drug-likeness (QED) is 0.382. The number of rotatable bonds is 7. The van der Waals surface area contributed by atoms with Gasteiger partial charge in [0.2, 0.25) is 0 Å². The smallest absolute Gasteiger partial charge is 0.336 e. The fraction of sp³-hybridized carbons (Fsp3) is 0.130. The molecule has 0 atom stereocenters. The van der Waals surface area contributed by atoms with Crippen LogP contribution in [0.5, 0.6) is 6.01 Å². The van der Waals surface area contributed by atoms with Crippen molar-refractivity contribution < 1.29 is 17.5 Å². The van der Waals surface area contributed by atoms with E-state index in [-0.39, 0.29) is 17.0 Å². The van der Waals surface area contributed by atoms with Gasteiger partial charge in [0.15, 0.2) is 5.82 Å². The van der Waals surface area contributed by atoms with Crippen LogP contribution in [0.25, 0.3) is 17.1 Å². The van der Waals surface area contributed by atoms with Gasteiger partial charge in [0, 0.05) is 16.3 Å². The van der Waals surface area contributed by atoms with Crippen LogP contribution in [-0.2, 0) is 10.0 Å². The van der Waals surface area contributed by atoms with Crippen LogP contribution in [0, 0.1) is 5.82 Å². The zero-order chi connectivity index (χ0) is 23.6. The molecule has 1 N–H and O–H groups in total. The van der Waals surface area contributed by atoms with E-state index in [0.717, 1.165) is 0 Å². The van der Waals surface area contributed by atoms with Crippen molar-refractivity contribution in [2.45, 2.75) is 24.8 Å². The zero-order valence-corrected chi connectivity index (χ0v) is 19.3. The van der Waals surface area contributed by atoms with Crippen molar-refractivity contribution in [3.8, 4) is 23.1 Å². The van der Waals surface area contributed by atoms with Crippen LogP contribution in [0.2, 0.25) is 5.02 Å². The topological polar surface area (TPSA) is 86.1 Å². The lowest BCUT2D eigenvalue weighted by molar-refractivity contribution is 0.222. The maximum atomic E-state index is 13.8. The fourth-order valence-corrected chi connectivity index (χ4v) is 4.23. The van der Waals surface area contributed by atoms with E-state index in [1.807, 2.05) is 13.8 Å². The molecule has 3 aromatic carbocycles. The Labute approximate surface area is 195 Å². The lowest BCUT2D eigenvalue weighted by atomic mass is 10.2. The van der Waals surface area contributed by atoms with Gasteiger partial charge in [-0.1, -0.05) is 23.7 Å². The average Bonchev–Trinajstić information content (AvgIpc) is 3.17. The number of anilines is 1. The van der Waals surface area contributed by atoms with Crippen molar-refractivity contribution in [2.75, 3.05) is 4.72 Å². The predicted octanol–water partition coefficient (Wildman–Crippen LogP) is 5.31. The van der Waals surface area contributed by atoms with Gasteiger partial charge < -0.3 is 4.74 Å². The Morgan fingerprint density at radius 1 is 1.03 bits per heavy atom. The minimum atomic E-state index is -3.78. The zero-order valence-electron chi connectivity index (χ0n) is 17.7. The third-order valence-corrected chi connectivity index (χ3v) is 6.15. The van der Waals surface area contributed by atoms with Crippen LogP contribution in [-0.4, -0.2) is 29.3 Å². The third-order valence-electron chi connectivity index (χ3n) is 4.50. The summed E-state index contributed by atoms with van der Waals surface area (Å²) in [6.45, 7) is 3.70. The van der Waals surface area contributed by atoms with Crippen molar-refractivity contribution in [3.05, 3.63) is 83.6 Å². The summed E-state index contributed by atoms with van der Waals surface area (Å²) in [4.78, 5) is 4.50. The molecule has 0 radical (unpaired) electrons. The molecule has 0 saturated heterocycles. The molecule has 0 aliphatic rings. The summed E-state index contributed by atoms with van der Waals surface area (Å²) in [7, 11) is -3.78. The summed E-state index contributed by atoms with van der Waals surface area (Å²) in [5.41, 5.74) is 1.48. The fourth-order valence-electron chi connectivity index (χ4n) is 3.05. The Morgan fingerprint density at radius 2 is 1.73 bits per heavy atom. The van der Waals surface area contributed by atoms with Gasteiger partial charge in [-0.3, -0.25) is 4.72 Å². The molecule has 0 unspecified atom stereocenters. The Morgan fingerprint density at radius 3 is 2.36 bits per heavy atom. The molecule has 0 spiro atoms. The van der Waals surface area contributed by atoms with E-state index in [1.54, 1.807) is 36.4 Å². The van der Waals surface area contributed by atoms with Gasteiger partial charge in [0.05, 0.1) is 16.7 Å². The summed E-state index contributed by atoms with van der Waals surface area (Å²) in [6, 6.07) is 18.6. The molecule has 1 aromatic heterocycles. The van der Waals surface area contributed by atoms with Gasteiger partial charge in [-0.25, -0.2) is 17.5 Å². The van der Waals surface area contributed by atoms with Crippen LogP contribution in [0.3, 0.4) is 0 Å². The standard InChI is InChI=1S/C23H20ClFN4O3S/c1-15(2)32-23-26-22(16-4-3-5-18(25)14-16)29(27-23)20-10-8-19(9-11-20)28-33(30,31)21-12-6-17(24)7-13-21/h3-15,28H,1-2H3. The average molecular weight is 487 g/mol. The molecular formula is C23H20ClFN4O3S. The van der Waals surface area contributed by atoms with Gasteiger partial charge in [-0.15, -0.1) is 5.10 Å². The van der Waals surface area contributed by atoms with Crippen molar-refractivity contribution >= 4 is 27.3 Å². The molecule has 0 saturated carbocycles. The Balaban J connectivity index is 1.65. The number of halogens is 2. The highest BCUT2D eigenvalue weighted by Crippen LogP contribution is 2.26. The summed E-state index contributed by atoms with van der Waals surface area (Å²) in [6.07, 6.45) is -0.147. The van der Waals surface area contributed by atoms with E-state index >= 15 is 0 Å². The first kappa shape index (κ1) is 22.8. The SMILES string of the molecule is CC(C)Oc1nc(-c2cccc(F)c2)n(-c2ccc(NS(=O)(=O)c3ccc(Cl)cc3)cc2)n1. The number of hydrogen-bond donors (Lipinski definition) is 1. The second-order valence-electron chi connectivity index (χ2n) is 7.41. The maximum Gasteiger partial charge on any atom is 0.336 e. The number of hydrogen-bond acceptors (Lipinski definition) is 5. The third kappa shape index (κ3) is 5.32. The number of ether oxygens (including phenoxy) is 1. The van der Waals surface area contributed by atoms with Crippen LogP contribution < -0.4 is 9.46 Å². The molecule has 0 bridgehead atoms. The molecule has 0 aliphatic heterocycles. The molecule has 170 valence electrons. The van der Waals surface area contributed by atoms with E-state index in [9.17, 15) is 12.8 Å². The lowest BCUT2D eigenvalue weighted by Crippen LogP contribution is -2.12. The molecule has 33 heavy (non-hydrogen) atoms. The first-order valence-electron chi connectivity index (χ1n) is 10.00. The van der Waals surface area contributed by atoms with Gasteiger partial charge in [0.25, 0.3) is 10.0 Å². The Bertz CT molecular complexity index is 1370. The second kappa shape index (κ2) is 9.21. The van der Waals surface area contributed by atoms with Crippen LogP contribution in [0.4, 0.5) is 10.1 Å². The van der Waals surface area contributed by atoms with Gasteiger partial charge >= 0.3 is 6.01 Å². The molecule has 1 heterocycles. The molecule has 0 aliphatic carbocycles. The van der Waals surface area contributed by atoms with Crippen molar-refractivity contribution in [2.24, 2.45) is 0 Å². The molecular weight excluding hydrogens is 467 g/mol. The molecule has 0 amide bonds. The minimum absolute atomic E-state index is 0.0936. The molecule has 4 rings (SSSR count). The molecule has 7 nitrogen and oxygen atoms in total. The largest absolute Gasteiger partial charge is 0.460 e. The summed E-state index contributed by atoms with van der Waals surface area (Å²) < 4.78 is 48.7. The van der Waals surface area contributed by atoms with Gasteiger partial charge in [-0.05, 0) is 74.5 Å². The summed E-state index contributed by atoms with van der Waals surface area (Å²) in [5.74, 6) is -0.0139. The molecule has 10 heteroatoms. The molecule has 4 aromatic rings. The lowest BCUT2D eigenvalue weighted by Gasteiger charge is -2.10. The van der Waals surface area contributed by atoms with Crippen LogP contribution in [0.15, 0.2) is 77.7 Å². The number of nitrogens with zero attached hydrogens (tertiary/aromatic N) is 3.